The first kappa shape index (κ1) is 16.8. The van der Waals surface area contributed by atoms with Gasteiger partial charge in [0.15, 0.2) is 5.78 Å². The fourth-order valence-corrected chi connectivity index (χ4v) is 8.30. The molecule has 0 N–H and O–H groups in total. The van der Waals surface area contributed by atoms with Crippen LogP contribution in [0.5, 0.6) is 0 Å². The van der Waals surface area contributed by atoms with Gasteiger partial charge in [0.1, 0.15) is 8.07 Å². The monoisotopic (exact) mass is 374 g/mol. The van der Waals surface area contributed by atoms with Crippen molar-refractivity contribution in [1.82, 2.24) is 0 Å². The Morgan fingerprint density at radius 1 is 1.00 bits per heavy atom. The second kappa shape index (κ2) is 5.35. The van der Waals surface area contributed by atoms with Crippen LogP contribution in [-0.4, -0.2) is 41.0 Å². The first-order valence-electron chi connectivity index (χ1n) is 9.81. The number of benzene rings is 2. The van der Waals surface area contributed by atoms with Crippen molar-refractivity contribution in [2.24, 2.45) is 0 Å². The Labute approximate surface area is 162 Å². The van der Waals surface area contributed by atoms with E-state index in [4.69, 9.17) is 0 Å². The Morgan fingerprint density at radius 2 is 1.67 bits per heavy atom. The van der Waals surface area contributed by atoms with Crippen LogP contribution < -0.4 is 20.2 Å². The molecule has 0 unspecified atom stereocenters. The number of fused-ring (bicyclic) bond motifs is 4. The molecule has 0 aliphatic carbocycles. The molecule has 0 fully saturated rings. The molecule has 5 rings (SSSR count). The molecule has 0 saturated carbocycles. The summed E-state index contributed by atoms with van der Waals surface area (Å²) in [5.41, 5.74) is 8.19. The topological polar surface area (TPSA) is 23.6 Å². The highest BCUT2D eigenvalue weighted by Gasteiger charge is 2.42. The Hall–Kier alpha value is -2.33. The van der Waals surface area contributed by atoms with Crippen molar-refractivity contribution < 1.29 is 4.79 Å². The van der Waals surface area contributed by atoms with Crippen LogP contribution in [0.1, 0.15) is 32.6 Å². The van der Waals surface area contributed by atoms with Crippen LogP contribution in [0.3, 0.4) is 0 Å². The first-order chi connectivity index (χ1) is 12.8. The SMILES string of the molecule is C=Cc1c2c(cc3c1C(=O)c1cc4c(cc1[Si]3(C)C)N(C)CC4)N(C)CC2. The van der Waals surface area contributed by atoms with Crippen molar-refractivity contribution in [3.8, 4) is 0 Å². The summed E-state index contributed by atoms with van der Waals surface area (Å²) >= 11 is 0. The van der Waals surface area contributed by atoms with Crippen molar-refractivity contribution in [3.05, 3.63) is 52.6 Å². The minimum absolute atomic E-state index is 0.205. The summed E-state index contributed by atoms with van der Waals surface area (Å²) in [5, 5.41) is 2.58. The lowest BCUT2D eigenvalue weighted by molar-refractivity contribution is 0.103. The summed E-state index contributed by atoms with van der Waals surface area (Å²) in [5.74, 6) is 0.205. The summed E-state index contributed by atoms with van der Waals surface area (Å²) in [4.78, 5) is 18.3. The van der Waals surface area contributed by atoms with Gasteiger partial charge in [-0.15, -0.1) is 0 Å². The maximum Gasteiger partial charge on any atom is 0.193 e. The van der Waals surface area contributed by atoms with E-state index < -0.39 is 8.07 Å². The van der Waals surface area contributed by atoms with Gasteiger partial charge in [0.25, 0.3) is 0 Å². The second-order valence-electron chi connectivity index (χ2n) is 8.74. The zero-order valence-corrected chi connectivity index (χ0v) is 17.6. The highest BCUT2D eigenvalue weighted by atomic mass is 28.3. The molecule has 2 aromatic rings. The molecular formula is C23H26N2OSi. The maximum absolute atomic E-state index is 13.7. The average molecular weight is 375 g/mol. The number of carbonyl (C=O) groups is 1. The number of hydrogen-bond donors (Lipinski definition) is 0. The summed E-state index contributed by atoms with van der Waals surface area (Å²) in [6.45, 7) is 10.9. The van der Waals surface area contributed by atoms with Crippen molar-refractivity contribution in [2.45, 2.75) is 25.9 Å². The number of carbonyl (C=O) groups excluding carboxylic acids is 1. The molecule has 0 atom stereocenters. The largest absolute Gasteiger partial charge is 0.374 e. The van der Waals surface area contributed by atoms with E-state index >= 15 is 0 Å². The van der Waals surface area contributed by atoms with Gasteiger partial charge in [-0.05, 0) is 58.1 Å². The average Bonchev–Trinajstić information content (AvgIpc) is 3.20. The minimum atomic E-state index is -1.99. The molecule has 3 aliphatic rings. The number of nitrogens with zero attached hydrogens (tertiary/aromatic N) is 2. The van der Waals surface area contributed by atoms with Gasteiger partial charge in [0, 0.05) is 49.7 Å². The molecule has 2 aromatic carbocycles. The number of hydrogen-bond acceptors (Lipinski definition) is 3. The normalized spacial score (nSPS) is 18.9. The van der Waals surface area contributed by atoms with E-state index in [1.165, 1.54) is 32.9 Å². The molecule has 0 saturated heterocycles. The Bertz CT molecular complexity index is 1040. The second-order valence-corrected chi connectivity index (χ2v) is 13.1. The lowest BCUT2D eigenvalue weighted by atomic mass is 9.91. The fraction of sp³-hybridized carbons (Fsp3) is 0.348. The van der Waals surface area contributed by atoms with Gasteiger partial charge in [-0.3, -0.25) is 4.79 Å². The third-order valence-electron chi connectivity index (χ3n) is 6.93. The van der Waals surface area contributed by atoms with Gasteiger partial charge in [-0.1, -0.05) is 25.7 Å². The van der Waals surface area contributed by atoms with Gasteiger partial charge in [0.2, 0.25) is 0 Å². The highest BCUT2D eigenvalue weighted by molar-refractivity contribution is 7.02. The van der Waals surface area contributed by atoms with Crippen molar-refractivity contribution in [1.29, 1.82) is 0 Å². The minimum Gasteiger partial charge on any atom is -0.374 e. The molecule has 0 radical (unpaired) electrons. The summed E-state index contributed by atoms with van der Waals surface area (Å²) in [6, 6.07) is 6.85. The molecule has 138 valence electrons. The number of rotatable bonds is 1. The van der Waals surface area contributed by atoms with E-state index in [9.17, 15) is 4.79 Å². The number of likely N-dealkylation sites (N-methyl/N-ethyl adjacent to an activating group) is 2. The summed E-state index contributed by atoms with van der Waals surface area (Å²) in [7, 11) is 2.32. The fourth-order valence-electron chi connectivity index (χ4n) is 5.28. The molecule has 3 nitrogen and oxygen atoms in total. The predicted molar refractivity (Wildman–Crippen MR) is 117 cm³/mol. The van der Waals surface area contributed by atoms with E-state index in [0.717, 1.165) is 42.6 Å². The third-order valence-corrected chi connectivity index (χ3v) is 10.4. The maximum atomic E-state index is 13.7. The van der Waals surface area contributed by atoms with Crippen LogP contribution in [-0.2, 0) is 12.8 Å². The third kappa shape index (κ3) is 2.05. The van der Waals surface area contributed by atoms with Gasteiger partial charge in [-0.2, -0.15) is 0 Å². The molecule has 0 aromatic heterocycles. The van der Waals surface area contributed by atoms with Crippen LogP contribution in [0.15, 0.2) is 24.8 Å². The van der Waals surface area contributed by atoms with Crippen LogP contribution in [0.25, 0.3) is 6.08 Å². The standard InChI is InChI=1S/C23H26N2OSi/c1-6-15-16-8-10-25(3)19(16)13-21-22(15)23(26)17-11-14-7-9-24(2)18(14)12-20(17)27(21,4)5/h6,11-13H,1,7-10H2,2-5H3. The molecule has 4 heteroatoms. The van der Waals surface area contributed by atoms with E-state index in [-0.39, 0.29) is 5.78 Å². The van der Waals surface area contributed by atoms with E-state index in [1.54, 1.807) is 0 Å². The molecule has 0 amide bonds. The highest BCUT2D eigenvalue weighted by Crippen LogP contribution is 2.37. The molecular weight excluding hydrogens is 348 g/mol. The summed E-state index contributed by atoms with van der Waals surface area (Å²) in [6.07, 6.45) is 3.95. The number of anilines is 2. The van der Waals surface area contributed by atoms with Gasteiger partial charge >= 0.3 is 0 Å². The van der Waals surface area contributed by atoms with Crippen LogP contribution >= 0.6 is 0 Å². The molecule has 3 heterocycles. The van der Waals surface area contributed by atoms with Crippen LogP contribution in [0, 0.1) is 0 Å². The Balaban J connectivity index is 1.84. The van der Waals surface area contributed by atoms with Gasteiger partial charge in [0.05, 0.1) is 0 Å². The summed E-state index contributed by atoms with van der Waals surface area (Å²) < 4.78 is 0. The zero-order valence-electron chi connectivity index (χ0n) is 16.6. The van der Waals surface area contributed by atoms with Crippen LogP contribution in [0.2, 0.25) is 13.1 Å². The Kier molecular flexibility index (Phi) is 3.33. The van der Waals surface area contributed by atoms with Gasteiger partial charge < -0.3 is 9.80 Å². The van der Waals surface area contributed by atoms with Crippen LogP contribution in [0.4, 0.5) is 11.4 Å². The molecule has 3 aliphatic heterocycles. The molecule has 0 bridgehead atoms. The predicted octanol–water partition coefficient (Wildman–Crippen LogP) is 2.68. The van der Waals surface area contributed by atoms with E-state index in [0.29, 0.717) is 0 Å². The quantitative estimate of drug-likeness (QED) is 0.717. The zero-order chi connectivity index (χ0) is 19.1. The number of ketones is 1. The van der Waals surface area contributed by atoms with Gasteiger partial charge in [-0.25, -0.2) is 0 Å². The molecule has 0 spiro atoms. The Morgan fingerprint density at radius 3 is 2.41 bits per heavy atom. The smallest absolute Gasteiger partial charge is 0.193 e. The first-order valence-corrected chi connectivity index (χ1v) is 12.8. The van der Waals surface area contributed by atoms with E-state index in [2.05, 4.69) is 61.8 Å². The molecule has 27 heavy (non-hydrogen) atoms. The lowest BCUT2D eigenvalue weighted by Gasteiger charge is -2.35. The van der Waals surface area contributed by atoms with Crippen molar-refractivity contribution in [3.63, 3.8) is 0 Å². The van der Waals surface area contributed by atoms with Crippen molar-refractivity contribution >= 4 is 41.7 Å². The van der Waals surface area contributed by atoms with Crippen molar-refractivity contribution in [2.75, 3.05) is 37.0 Å². The van der Waals surface area contributed by atoms with E-state index in [1.807, 2.05) is 6.08 Å². The lowest BCUT2D eigenvalue weighted by Crippen LogP contribution is -2.60.